The smallest absolute Gasteiger partial charge is 0.161 e. The van der Waals surface area contributed by atoms with Gasteiger partial charge in [0.1, 0.15) is 11.6 Å². The molecule has 0 fully saturated rings. The number of furan rings is 1. The van der Waals surface area contributed by atoms with Crippen LogP contribution in [-0.2, 0) is 13.0 Å². The van der Waals surface area contributed by atoms with E-state index in [1.165, 1.54) is 0 Å². The number of hydrogen-bond donors (Lipinski definition) is 0. The topological polar surface area (TPSA) is 49.4 Å². The van der Waals surface area contributed by atoms with E-state index in [-0.39, 0.29) is 0 Å². The first-order valence-electron chi connectivity index (χ1n) is 8.66. The minimum atomic E-state index is 0.678. The minimum absolute atomic E-state index is 0.678. The summed E-state index contributed by atoms with van der Waals surface area (Å²) < 4.78 is 18.8. The average molecular weight is 352 g/mol. The number of allylic oxidation sites excluding steroid dienone is 1. The molecule has 5 heteroatoms. The van der Waals surface area contributed by atoms with Crippen molar-refractivity contribution >= 4 is 0 Å². The normalized spacial score (nSPS) is 10.7. The van der Waals surface area contributed by atoms with Crippen LogP contribution in [0.15, 0.2) is 60.0 Å². The molecule has 3 rings (SSSR count). The number of methoxy groups -OCH3 is 2. The maximum Gasteiger partial charge on any atom is 0.161 e. The van der Waals surface area contributed by atoms with E-state index < -0.39 is 0 Å². The number of nitrogens with zero attached hydrogens (tertiary/aromatic N) is 2. The van der Waals surface area contributed by atoms with Gasteiger partial charge in [-0.2, -0.15) is 0 Å². The molecule has 0 aliphatic heterocycles. The SMILES string of the molecule is C=CCCCn1ccnc1Cc1cc(OC)c(OC)cc1-c1ccco1. The Morgan fingerprint density at radius 2 is 2.04 bits per heavy atom. The van der Waals surface area contributed by atoms with Crippen LogP contribution >= 0.6 is 0 Å². The summed E-state index contributed by atoms with van der Waals surface area (Å²) in [6.45, 7) is 4.71. The summed E-state index contributed by atoms with van der Waals surface area (Å²) in [4.78, 5) is 4.55. The molecule has 0 saturated carbocycles. The number of aryl methyl sites for hydroxylation is 1. The highest BCUT2D eigenvalue weighted by atomic mass is 16.5. The zero-order valence-corrected chi connectivity index (χ0v) is 15.3. The van der Waals surface area contributed by atoms with Crippen molar-refractivity contribution in [2.45, 2.75) is 25.8 Å². The van der Waals surface area contributed by atoms with Gasteiger partial charge in [0.15, 0.2) is 11.5 Å². The highest BCUT2D eigenvalue weighted by Crippen LogP contribution is 2.36. The molecule has 0 amide bonds. The predicted octanol–water partition coefficient (Wildman–Crippen LogP) is 4.72. The molecule has 0 N–H and O–H groups in total. The maximum atomic E-state index is 5.63. The number of unbranched alkanes of at least 4 members (excludes halogenated alkanes) is 1. The lowest BCUT2D eigenvalue weighted by Crippen LogP contribution is -2.05. The Kier molecular flexibility index (Phi) is 5.79. The number of rotatable bonds is 9. The van der Waals surface area contributed by atoms with Crippen LogP contribution in [0.5, 0.6) is 11.5 Å². The third-order valence-electron chi connectivity index (χ3n) is 4.35. The second-order valence-electron chi connectivity index (χ2n) is 5.99. The second kappa shape index (κ2) is 8.43. The third kappa shape index (κ3) is 3.82. The Morgan fingerprint density at radius 3 is 2.73 bits per heavy atom. The van der Waals surface area contributed by atoms with Gasteiger partial charge < -0.3 is 18.5 Å². The first-order chi connectivity index (χ1) is 12.8. The van der Waals surface area contributed by atoms with Gasteiger partial charge in [-0.1, -0.05) is 6.08 Å². The molecule has 0 radical (unpaired) electrons. The average Bonchev–Trinajstić information content (AvgIpc) is 3.34. The molecule has 0 saturated heterocycles. The van der Waals surface area contributed by atoms with Crippen molar-refractivity contribution in [2.75, 3.05) is 14.2 Å². The summed E-state index contributed by atoms with van der Waals surface area (Å²) >= 11 is 0. The minimum Gasteiger partial charge on any atom is -0.493 e. The largest absolute Gasteiger partial charge is 0.493 e. The molecule has 0 aliphatic carbocycles. The first kappa shape index (κ1) is 17.9. The van der Waals surface area contributed by atoms with Gasteiger partial charge in [0, 0.05) is 30.9 Å². The lowest BCUT2D eigenvalue weighted by atomic mass is 10.0. The summed E-state index contributed by atoms with van der Waals surface area (Å²) in [6, 6.07) is 7.78. The lowest BCUT2D eigenvalue weighted by Gasteiger charge is -2.14. The molecule has 0 bridgehead atoms. The van der Waals surface area contributed by atoms with E-state index in [1.807, 2.05) is 42.7 Å². The van der Waals surface area contributed by atoms with Gasteiger partial charge in [-0.25, -0.2) is 4.98 Å². The number of aromatic nitrogens is 2. The van der Waals surface area contributed by atoms with Gasteiger partial charge >= 0.3 is 0 Å². The van der Waals surface area contributed by atoms with Crippen LogP contribution in [0.2, 0.25) is 0 Å². The van der Waals surface area contributed by atoms with Crippen molar-refractivity contribution in [3.05, 3.63) is 67.0 Å². The molecule has 3 aromatic rings. The van der Waals surface area contributed by atoms with Crippen LogP contribution < -0.4 is 9.47 Å². The molecule has 0 aliphatic rings. The van der Waals surface area contributed by atoms with Crippen molar-refractivity contribution in [1.82, 2.24) is 9.55 Å². The van der Waals surface area contributed by atoms with Gasteiger partial charge in [-0.3, -0.25) is 0 Å². The Hall–Kier alpha value is -2.95. The molecular formula is C21H24N2O3. The zero-order chi connectivity index (χ0) is 18.4. The van der Waals surface area contributed by atoms with Gasteiger partial charge in [0.05, 0.1) is 20.5 Å². The summed E-state index contributed by atoms with van der Waals surface area (Å²) in [7, 11) is 3.28. The molecule has 2 aromatic heterocycles. The fraction of sp³-hybridized carbons (Fsp3) is 0.286. The fourth-order valence-electron chi connectivity index (χ4n) is 3.02. The van der Waals surface area contributed by atoms with Gasteiger partial charge in [-0.15, -0.1) is 6.58 Å². The molecule has 26 heavy (non-hydrogen) atoms. The van der Waals surface area contributed by atoms with E-state index >= 15 is 0 Å². The maximum absolute atomic E-state index is 5.63. The number of imidazole rings is 1. The van der Waals surface area contributed by atoms with Crippen molar-refractivity contribution < 1.29 is 13.9 Å². The van der Waals surface area contributed by atoms with Crippen LogP contribution in [0.4, 0.5) is 0 Å². The number of hydrogen-bond acceptors (Lipinski definition) is 4. The molecule has 1 aromatic carbocycles. The molecule has 2 heterocycles. The molecule has 136 valence electrons. The van der Waals surface area contributed by atoms with E-state index in [9.17, 15) is 0 Å². The van der Waals surface area contributed by atoms with Crippen LogP contribution in [-0.4, -0.2) is 23.8 Å². The summed E-state index contributed by atoms with van der Waals surface area (Å²) in [6.07, 6.45) is 10.2. The first-order valence-corrected chi connectivity index (χ1v) is 8.66. The third-order valence-corrected chi connectivity index (χ3v) is 4.35. The fourth-order valence-corrected chi connectivity index (χ4v) is 3.02. The Morgan fingerprint density at radius 1 is 1.23 bits per heavy atom. The van der Waals surface area contributed by atoms with E-state index in [2.05, 4.69) is 16.1 Å². The van der Waals surface area contributed by atoms with Crippen molar-refractivity contribution in [2.24, 2.45) is 0 Å². The molecule has 0 unspecified atom stereocenters. The highest BCUT2D eigenvalue weighted by molar-refractivity contribution is 5.68. The standard InChI is InChI=1S/C21H24N2O3/c1-4-5-6-10-23-11-9-22-21(23)14-16-13-19(24-2)20(25-3)15-17(16)18-8-7-12-26-18/h4,7-9,11-13,15H,1,5-6,10,14H2,2-3H3. The summed E-state index contributed by atoms with van der Waals surface area (Å²) in [5.41, 5.74) is 2.06. The van der Waals surface area contributed by atoms with E-state index in [0.29, 0.717) is 17.9 Å². The van der Waals surface area contributed by atoms with Crippen LogP contribution in [0.25, 0.3) is 11.3 Å². The van der Waals surface area contributed by atoms with Crippen LogP contribution in [0, 0.1) is 0 Å². The molecule has 0 spiro atoms. The zero-order valence-electron chi connectivity index (χ0n) is 15.3. The Labute approximate surface area is 153 Å². The summed E-state index contributed by atoms with van der Waals surface area (Å²) in [5, 5.41) is 0. The number of ether oxygens (including phenoxy) is 2. The molecule has 5 nitrogen and oxygen atoms in total. The molecule has 0 atom stereocenters. The van der Waals surface area contributed by atoms with Gasteiger partial charge in [0.25, 0.3) is 0 Å². The highest BCUT2D eigenvalue weighted by Gasteiger charge is 2.16. The molecular weight excluding hydrogens is 328 g/mol. The van der Waals surface area contributed by atoms with Crippen LogP contribution in [0.3, 0.4) is 0 Å². The van der Waals surface area contributed by atoms with E-state index in [0.717, 1.165) is 42.1 Å². The predicted molar refractivity (Wildman–Crippen MR) is 102 cm³/mol. The van der Waals surface area contributed by atoms with Gasteiger partial charge in [-0.05, 0) is 42.7 Å². The van der Waals surface area contributed by atoms with Crippen LogP contribution in [0.1, 0.15) is 24.2 Å². The van der Waals surface area contributed by atoms with Crippen molar-refractivity contribution in [1.29, 1.82) is 0 Å². The second-order valence-corrected chi connectivity index (χ2v) is 5.99. The Balaban J connectivity index is 1.96. The van der Waals surface area contributed by atoms with E-state index in [1.54, 1.807) is 20.5 Å². The number of benzene rings is 1. The van der Waals surface area contributed by atoms with Crippen molar-refractivity contribution in [3.8, 4) is 22.8 Å². The van der Waals surface area contributed by atoms with E-state index in [4.69, 9.17) is 13.9 Å². The lowest BCUT2D eigenvalue weighted by molar-refractivity contribution is 0.354. The quantitative estimate of drug-likeness (QED) is 0.413. The van der Waals surface area contributed by atoms with Gasteiger partial charge in [0.2, 0.25) is 0 Å². The Bertz CT molecular complexity index is 850. The van der Waals surface area contributed by atoms with Crippen molar-refractivity contribution in [3.63, 3.8) is 0 Å². The summed E-state index contributed by atoms with van der Waals surface area (Å²) in [5.74, 6) is 3.18. The monoisotopic (exact) mass is 352 g/mol.